The molecule has 2 aliphatic heterocycles. The van der Waals surface area contributed by atoms with E-state index in [1.807, 2.05) is 0 Å². The third-order valence-corrected chi connectivity index (χ3v) is 14.0. The van der Waals surface area contributed by atoms with Crippen LogP contribution in [-0.2, 0) is 21.7 Å². The zero-order chi connectivity index (χ0) is 74.1. The van der Waals surface area contributed by atoms with Crippen molar-refractivity contribution in [1.82, 2.24) is 0 Å². The minimum atomic E-state index is -2.05. The fourth-order valence-corrected chi connectivity index (χ4v) is 10.3. The van der Waals surface area contributed by atoms with E-state index >= 15 is 0 Å². The third kappa shape index (κ3) is 7.80. The van der Waals surface area contributed by atoms with Crippen molar-refractivity contribution in [3.63, 3.8) is 0 Å². The topological polar surface area (TPSA) is 6.48 Å². The van der Waals surface area contributed by atoms with Crippen molar-refractivity contribution >= 4 is 78.0 Å². The number of fused-ring (bicyclic) bond motifs is 6. The summed E-state index contributed by atoms with van der Waals surface area (Å²) in [6.45, 7) is 16.1. The standard InChI is InChI=1S/C66H65BN2S/c1-63(2,3)44-29-27-43(28-30-44)59-53-40-48(66(10,11)46-21-15-12-16-22-46)33-37-56(53)67-60-55(59)41-52(68(49-23-17-13-18-24-49)50-25-19-14-20-26-50)42-57(60)69(51-35-31-45(32-36-51)64(4,5)6)61-54-39-47(65(7,8)9)34-38-58(54)70-62(61)67/h12-42,59H,1-11H3/i12D,13D,14D,15D,16D,17D,18D,19D,20D,21D,22D,23D,24D,25D,26D,27D,28D,29D,30D,31D,32D,33D,34D,35D,36D,37D,38D,39D,40D. The van der Waals surface area contributed by atoms with Crippen molar-refractivity contribution in [1.29, 1.82) is 0 Å². The SMILES string of the molecule is [2H]c1c([2H])c([2H])c(N(c2cc3c4c(c2)N(c2c([2H])c([2H])c(C(C)(C)C)c([2H])c2[2H])c2c(sc5c([2H])c([2H])c(C(C)(C)C)c([2H])c25)B4c2c([2H])c([2H])c(C(C)(C)c4c([2H])c([2H])c([2H])c([2H])c4[2H])c([2H])c2C3c2c([2H])c([2H])c(C(C)(C)C)c([2H])c2[2H])c2c([2H])c([2H])c([2H])c([2H])c2[2H])c([2H])c1[2H]. The molecule has 1 unspecified atom stereocenters. The summed E-state index contributed by atoms with van der Waals surface area (Å²) in [4.78, 5) is 2.02. The van der Waals surface area contributed by atoms with Crippen molar-refractivity contribution in [3.05, 3.63) is 232 Å². The Kier molecular flexibility index (Phi) is 5.64. The fourth-order valence-electron chi connectivity index (χ4n) is 9.04. The maximum absolute atomic E-state index is 10.9. The van der Waals surface area contributed by atoms with E-state index in [1.54, 1.807) is 62.3 Å². The molecule has 3 heterocycles. The summed E-state index contributed by atoms with van der Waals surface area (Å²) >= 11 is 0.809. The highest BCUT2D eigenvalue weighted by molar-refractivity contribution is 7.33. The van der Waals surface area contributed by atoms with Crippen LogP contribution in [0.1, 0.15) is 166 Å². The summed E-state index contributed by atoms with van der Waals surface area (Å²) in [5, 5.41) is -0.132. The maximum atomic E-state index is 10.9. The van der Waals surface area contributed by atoms with Crippen LogP contribution in [0.2, 0.25) is 0 Å². The Labute approximate surface area is 462 Å². The summed E-state index contributed by atoms with van der Waals surface area (Å²) in [5.74, 6) is -2.02. The van der Waals surface area contributed by atoms with E-state index < -0.39 is 237 Å². The molecule has 2 nitrogen and oxygen atoms in total. The van der Waals surface area contributed by atoms with E-state index in [0.29, 0.717) is 0 Å². The number of rotatable bonds is 7. The molecule has 0 aliphatic carbocycles. The van der Waals surface area contributed by atoms with Crippen LogP contribution in [0.3, 0.4) is 0 Å². The van der Waals surface area contributed by atoms with Gasteiger partial charge in [0.25, 0.3) is 6.71 Å². The van der Waals surface area contributed by atoms with Crippen molar-refractivity contribution in [2.24, 2.45) is 0 Å². The highest BCUT2D eigenvalue weighted by Crippen LogP contribution is 2.51. The lowest BCUT2D eigenvalue weighted by atomic mass is 9.33. The van der Waals surface area contributed by atoms with Gasteiger partial charge in [0.2, 0.25) is 0 Å². The lowest BCUT2D eigenvalue weighted by Gasteiger charge is -2.43. The molecule has 8 aromatic carbocycles. The normalized spacial score (nSPS) is 20.4. The van der Waals surface area contributed by atoms with Gasteiger partial charge >= 0.3 is 0 Å². The molecule has 1 atom stereocenters. The van der Waals surface area contributed by atoms with Crippen molar-refractivity contribution in [2.75, 3.05) is 9.80 Å². The first-order chi connectivity index (χ1) is 45.5. The Morgan fingerprint density at radius 3 is 1.60 bits per heavy atom. The number of hydrogen-bond donors (Lipinski definition) is 0. The van der Waals surface area contributed by atoms with Crippen LogP contribution >= 0.6 is 11.3 Å². The van der Waals surface area contributed by atoms with Gasteiger partial charge in [0, 0.05) is 54.6 Å². The average molecular weight is 958 g/mol. The number of benzene rings is 8. The number of para-hydroxylation sites is 2. The van der Waals surface area contributed by atoms with E-state index in [-0.39, 0.29) is 77.1 Å². The smallest absolute Gasteiger partial charge is 0.260 e. The largest absolute Gasteiger partial charge is 0.310 e. The molecule has 0 saturated heterocycles. The van der Waals surface area contributed by atoms with Crippen LogP contribution in [0.5, 0.6) is 0 Å². The Balaban J connectivity index is 1.52. The van der Waals surface area contributed by atoms with Crippen molar-refractivity contribution in [3.8, 4) is 0 Å². The zero-order valence-electron chi connectivity index (χ0n) is 69.6. The average Bonchev–Trinajstić information content (AvgIpc) is 1.66. The lowest BCUT2D eigenvalue weighted by molar-refractivity contribution is 0.589. The van der Waals surface area contributed by atoms with Crippen LogP contribution in [0.25, 0.3) is 10.1 Å². The van der Waals surface area contributed by atoms with E-state index in [2.05, 4.69) is 0 Å². The molecule has 70 heavy (non-hydrogen) atoms. The summed E-state index contributed by atoms with van der Waals surface area (Å²) in [5.41, 5.74) is -11.2. The Bertz CT molecular complexity index is 4940. The first kappa shape index (κ1) is 23.5. The van der Waals surface area contributed by atoms with Gasteiger partial charge in [0.05, 0.1) is 45.4 Å². The Morgan fingerprint density at radius 1 is 0.500 bits per heavy atom. The van der Waals surface area contributed by atoms with Crippen LogP contribution in [0.4, 0.5) is 34.1 Å². The van der Waals surface area contributed by atoms with Gasteiger partial charge in [-0.25, -0.2) is 0 Å². The monoisotopic (exact) mass is 958 g/mol. The van der Waals surface area contributed by atoms with Gasteiger partial charge in [-0.05, 0) is 127 Å². The van der Waals surface area contributed by atoms with E-state index in [9.17, 15) is 27.4 Å². The molecular weight excluding hydrogens is 864 g/mol. The minimum Gasteiger partial charge on any atom is -0.310 e. The molecule has 0 radical (unpaired) electrons. The second-order valence-corrected chi connectivity index (χ2v) is 22.2. The van der Waals surface area contributed by atoms with E-state index in [4.69, 9.17) is 12.3 Å². The molecular formula is C66H65BN2S. The first-order valence-electron chi connectivity index (χ1n) is 37.4. The molecule has 9 aromatic rings. The fraction of sp³-hybridized carbons (Fsp3) is 0.242. The van der Waals surface area contributed by atoms with Gasteiger partial charge in [-0.3, -0.25) is 0 Å². The third-order valence-electron chi connectivity index (χ3n) is 12.9. The summed E-state index contributed by atoms with van der Waals surface area (Å²) < 4.78 is 279. The molecule has 0 N–H and O–H groups in total. The lowest BCUT2D eigenvalue weighted by Crippen LogP contribution is -2.61. The highest BCUT2D eigenvalue weighted by atomic mass is 32.1. The minimum absolute atomic E-state index is 0.0103. The molecule has 11 rings (SSSR count). The summed E-state index contributed by atoms with van der Waals surface area (Å²) in [6, 6.07) is -19.7. The van der Waals surface area contributed by atoms with Gasteiger partial charge in [0.1, 0.15) is 0 Å². The second-order valence-electron chi connectivity index (χ2n) is 21.2. The molecule has 0 fully saturated rings. The van der Waals surface area contributed by atoms with Crippen LogP contribution in [0, 0.1) is 0 Å². The van der Waals surface area contributed by atoms with Gasteiger partial charge < -0.3 is 9.80 Å². The molecule has 348 valence electrons. The van der Waals surface area contributed by atoms with Gasteiger partial charge in [-0.2, -0.15) is 0 Å². The maximum Gasteiger partial charge on any atom is 0.260 e. The summed E-state index contributed by atoms with van der Waals surface area (Å²) in [6.07, 6.45) is 0. The van der Waals surface area contributed by atoms with Gasteiger partial charge in [-0.15, -0.1) is 11.3 Å². The number of hydrogen-bond acceptors (Lipinski definition) is 3. The van der Waals surface area contributed by atoms with Gasteiger partial charge in [0.15, 0.2) is 0 Å². The predicted octanol–water partition coefficient (Wildman–Crippen LogP) is 16.4. The van der Waals surface area contributed by atoms with E-state index in [1.165, 1.54) is 30.9 Å². The molecule has 0 amide bonds. The second kappa shape index (κ2) is 16.8. The molecule has 2 aliphatic rings. The quantitative estimate of drug-likeness (QED) is 0.147. The van der Waals surface area contributed by atoms with E-state index in [0.717, 1.165) is 16.2 Å². The molecule has 4 heteroatoms. The predicted molar refractivity (Wildman–Crippen MR) is 304 cm³/mol. The van der Waals surface area contributed by atoms with Crippen LogP contribution < -0.4 is 25.5 Å². The van der Waals surface area contributed by atoms with Crippen molar-refractivity contribution < 1.29 is 39.8 Å². The van der Waals surface area contributed by atoms with Crippen LogP contribution in [0.15, 0.2) is 187 Å². The Hall–Kier alpha value is -6.62. The van der Waals surface area contributed by atoms with Crippen LogP contribution in [-0.4, -0.2) is 6.71 Å². The highest BCUT2D eigenvalue weighted by Gasteiger charge is 2.47. The number of thiophene rings is 1. The first-order valence-corrected chi connectivity index (χ1v) is 23.7. The van der Waals surface area contributed by atoms with Crippen molar-refractivity contribution in [2.45, 2.75) is 104 Å². The zero-order valence-corrected chi connectivity index (χ0v) is 41.4. The molecule has 0 bridgehead atoms. The molecule has 1 aromatic heterocycles. The Morgan fingerprint density at radius 2 is 1.03 bits per heavy atom. The summed E-state index contributed by atoms with van der Waals surface area (Å²) in [7, 11) is 0. The molecule has 0 saturated carbocycles. The number of anilines is 6. The van der Waals surface area contributed by atoms with Gasteiger partial charge in [-0.1, -0.05) is 209 Å². The molecule has 0 spiro atoms. The number of nitrogens with zero attached hydrogens (tertiary/aromatic N) is 2.